The lowest BCUT2D eigenvalue weighted by molar-refractivity contribution is -0.167. The number of hydrogen-bond acceptors (Lipinski definition) is 6. The zero-order valence-corrected chi connectivity index (χ0v) is 13.3. The third-order valence-electron chi connectivity index (χ3n) is 5.83. The van der Waals surface area contributed by atoms with Crippen molar-refractivity contribution in [2.75, 3.05) is 6.61 Å². The molecule has 126 valence electrons. The Morgan fingerprint density at radius 3 is 2.23 bits per heavy atom. The van der Waals surface area contributed by atoms with Gasteiger partial charge in [-0.1, -0.05) is 20.8 Å². The van der Waals surface area contributed by atoms with E-state index in [4.69, 9.17) is 0 Å². The molecule has 2 fully saturated rings. The van der Waals surface area contributed by atoms with Gasteiger partial charge in [-0.25, -0.2) is 8.42 Å². The van der Waals surface area contributed by atoms with Crippen molar-refractivity contribution in [3.05, 3.63) is 0 Å². The Morgan fingerprint density at radius 1 is 1.32 bits per heavy atom. The van der Waals surface area contributed by atoms with Crippen molar-refractivity contribution in [1.29, 1.82) is 0 Å². The topological polar surface area (TPSA) is 101 Å². The average molecular weight is 339 g/mol. The van der Waals surface area contributed by atoms with Crippen LogP contribution in [0.1, 0.15) is 40.0 Å². The van der Waals surface area contributed by atoms with Crippen LogP contribution in [0.2, 0.25) is 0 Å². The van der Waals surface area contributed by atoms with Crippen LogP contribution in [0.3, 0.4) is 0 Å². The van der Waals surface area contributed by atoms with E-state index in [1.165, 1.54) is 0 Å². The molecule has 0 amide bonds. The Balaban J connectivity index is 2.23. The lowest BCUT2D eigenvalue weighted by Crippen LogP contribution is -2.44. The molecule has 0 aromatic rings. The molecule has 6 nitrogen and oxygen atoms in total. The minimum atomic E-state index is -5.92. The molecule has 0 aromatic heterocycles. The molecule has 2 aliphatic rings. The number of fused-ring (bicyclic) bond motifs is 2. The van der Waals surface area contributed by atoms with Gasteiger partial charge in [0.15, 0.2) is 16.7 Å². The van der Waals surface area contributed by atoms with Crippen molar-refractivity contribution in [3.8, 4) is 0 Å². The second-order valence-corrected chi connectivity index (χ2v) is 8.31. The van der Waals surface area contributed by atoms with Crippen LogP contribution in [0.4, 0.5) is 8.78 Å². The van der Waals surface area contributed by atoms with Gasteiger partial charge in [0.2, 0.25) is 0 Å². The van der Waals surface area contributed by atoms with Gasteiger partial charge in [0.1, 0.15) is 5.78 Å². The van der Waals surface area contributed by atoms with Gasteiger partial charge in [0.25, 0.3) is 0 Å². The second-order valence-electron chi connectivity index (χ2n) is 6.81. The number of halogens is 2. The molecule has 0 N–H and O–H groups in total. The summed E-state index contributed by atoms with van der Waals surface area (Å²) in [5, 5.41) is -4.69. The van der Waals surface area contributed by atoms with Gasteiger partial charge < -0.3 is 9.29 Å². The number of alkyl halides is 2. The molecule has 0 saturated heterocycles. The number of ketones is 1. The van der Waals surface area contributed by atoms with E-state index >= 15 is 0 Å². The van der Waals surface area contributed by atoms with E-state index in [0.717, 1.165) is 0 Å². The number of Topliss-reactive ketones (excluding diaryl/α,β-unsaturated/α-hetero) is 1. The smallest absolute Gasteiger partial charge is 0.367 e. The molecular weight excluding hydrogens is 322 g/mol. The number of esters is 1. The van der Waals surface area contributed by atoms with Crippen molar-refractivity contribution in [2.45, 2.75) is 45.3 Å². The Bertz CT molecular complexity index is 641. The number of rotatable bonds is 4. The van der Waals surface area contributed by atoms with Gasteiger partial charge >= 0.3 is 11.2 Å². The first-order valence-electron chi connectivity index (χ1n) is 6.75. The monoisotopic (exact) mass is 339 g/mol. The summed E-state index contributed by atoms with van der Waals surface area (Å²) in [6.45, 7) is 3.30. The van der Waals surface area contributed by atoms with Gasteiger partial charge in [-0.15, -0.1) is 0 Å². The second kappa shape index (κ2) is 4.47. The van der Waals surface area contributed by atoms with Gasteiger partial charge in [-0.2, -0.15) is 8.78 Å². The van der Waals surface area contributed by atoms with Gasteiger partial charge in [-0.05, 0) is 18.3 Å². The van der Waals surface area contributed by atoms with Gasteiger partial charge in [0, 0.05) is 11.8 Å². The van der Waals surface area contributed by atoms with Crippen LogP contribution in [0, 0.1) is 16.2 Å². The fourth-order valence-corrected chi connectivity index (χ4v) is 3.88. The molecule has 0 radical (unpaired) electrons. The predicted octanol–water partition coefficient (Wildman–Crippen LogP) is 1.45. The van der Waals surface area contributed by atoms with Crippen molar-refractivity contribution >= 4 is 21.9 Å². The van der Waals surface area contributed by atoms with Crippen LogP contribution in [0.15, 0.2) is 0 Å². The van der Waals surface area contributed by atoms with Crippen molar-refractivity contribution in [1.82, 2.24) is 0 Å². The van der Waals surface area contributed by atoms with Crippen molar-refractivity contribution < 1.29 is 36.1 Å². The molecule has 0 spiro atoms. The van der Waals surface area contributed by atoms with E-state index in [-0.39, 0.29) is 12.2 Å². The van der Waals surface area contributed by atoms with Crippen LogP contribution in [-0.4, -0.2) is 36.6 Å². The summed E-state index contributed by atoms with van der Waals surface area (Å²) in [6.07, 6.45) is 0.617. The summed E-state index contributed by atoms with van der Waals surface area (Å²) in [6, 6.07) is 0. The molecule has 2 rings (SSSR count). The molecule has 2 bridgehead atoms. The van der Waals surface area contributed by atoms with Crippen LogP contribution in [0.25, 0.3) is 0 Å². The van der Waals surface area contributed by atoms with Crippen LogP contribution in [0.5, 0.6) is 0 Å². The van der Waals surface area contributed by atoms with Crippen LogP contribution < -0.4 is 0 Å². The normalized spacial score (nSPS) is 34.0. The molecule has 0 heterocycles. The quantitative estimate of drug-likeness (QED) is 0.568. The van der Waals surface area contributed by atoms with E-state index in [1.54, 1.807) is 20.8 Å². The van der Waals surface area contributed by atoms with E-state index in [9.17, 15) is 31.3 Å². The summed E-state index contributed by atoms with van der Waals surface area (Å²) >= 11 is 0. The van der Waals surface area contributed by atoms with E-state index in [2.05, 4.69) is 4.74 Å². The molecular formula is C13H17F2O6S-. The van der Waals surface area contributed by atoms with Gasteiger partial charge in [-0.3, -0.25) is 9.59 Å². The number of ether oxygens (including phenoxy) is 1. The van der Waals surface area contributed by atoms with E-state index < -0.39 is 44.2 Å². The molecule has 0 aromatic carbocycles. The minimum absolute atomic E-state index is 0.120. The zero-order chi connectivity index (χ0) is 17.2. The number of carbonyl (C=O) groups is 2. The highest BCUT2D eigenvalue weighted by molar-refractivity contribution is 7.86. The maximum absolute atomic E-state index is 13.1. The fraction of sp³-hybridized carbons (Fsp3) is 0.846. The molecule has 2 atom stereocenters. The molecule has 2 aliphatic carbocycles. The highest BCUT2D eigenvalue weighted by atomic mass is 32.2. The first kappa shape index (κ1) is 17.3. The first-order valence-corrected chi connectivity index (χ1v) is 8.16. The summed E-state index contributed by atoms with van der Waals surface area (Å²) in [4.78, 5) is 24.4. The summed E-state index contributed by atoms with van der Waals surface area (Å²) in [5.41, 5.74) is -2.78. The maximum atomic E-state index is 13.1. The SMILES string of the molecule is CC12CCC(C(=O)OCC(F)(F)S(=O)(=O)[O-])(CC1=O)C2(C)C. The van der Waals surface area contributed by atoms with Gasteiger partial charge in [0.05, 0.1) is 5.41 Å². The summed E-state index contributed by atoms with van der Waals surface area (Å²) in [7, 11) is -5.92. The molecule has 9 heteroatoms. The highest BCUT2D eigenvalue weighted by Gasteiger charge is 2.73. The number of carbonyl (C=O) groups excluding carboxylic acids is 2. The van der Waals surface area contributed by atoms with Crippen LogP contribution in [-0.2, 0) is 24.4 Å². The number of hydrogen-bond donors (Lipinski definition) is 0. The largest absolute Gasteiger partial charge is 0.743 e. The molecule has 2 saturated carbocycles. The summed E-state index contributed by atoms with van der Waals surface area (Å²) < 4.78 is 62.0. The Kier molecular flexibility index (Phi) is 3.51. The highest BCUT2D eigenvalue weighted by Crippen LogP contribution is 2.70. The summed E-state index contributed by atoms with van der Waals surface area (Å²) in [5.74, 6) is -1.18. The standard InChI is InChI=1S/C13H18F2O6S/c1-10(2)11(3)4-5-12(10,6-8(11)16)9(17)21-7-13(14,15)22(18,19)20/h4-7H2,1-3H3,(H,18,19,20)/p-1. The molecule has 0 aliphatic heterocycles. The lowest BCUT2D eigenvalue weighted by atomic mass is 9.65. The maximum Gasteiger partial charge on any atom is 0.367 e. The Hall–Kier alpha value is -1.09. The predicted molar refractivity (Wildman–Crippen MR) is 68.8 cm³/mol. The molecule has 2 unspecified atom stereocenters. The lowest BCUT2D eigenvalue weighted by Gasteiger charge is -2.38. The zero-order valence-electron chi connectivity index (χ0n) is 12.4. The van der Waals surface area contributed by atoms with E-state index in [1.807, 2.05) is 0 Å². The van der Waals surface area contributed by atoms with E-state index in [0.29, 0.717) is 12.8 Å². The van der Waals surface area contributed by atoms with Crippen LogP contribution >= 0.6 is 0 Å². The van der Waals surface area contributed by atoms with Crippen molar-refractivity contribution in [2.24, 2.45) is 16.2 Å². The van der Waals surface area contributed by atoms with Crippen molar-refractivity contribution in [3.63, 3.8) is 0 Å². The first-order chi connectivity index (χ1) is 9.71. The minimum Gasteiger partial charge on any atom is -0.743 e. The third kappa shape index (κ3) is 1.94. The molecule has 22 heavy (non-hydrogen) atoms. The fourth-order valence-electron chi connectivity index (χ4n) is 3.67. The average Bonchev–Trinajstić information content (AvgIpc) is 2.65. The Labute approximate surface area is 127 Å². The third-order valence-corrected chi connectivity index (χ3v) is 6.68. The Morgan fingerprint density at radius 2 is 1.86 bits per heavy atom.